The first-order valence-electron chi connectivity index (χ1n) is 1.03. The van der Waals surface area contributed by atoms with E-state index >= 15 is 0 Å². The van der Waals surface area contributed by atoms with E-state index in [1.165, 1.54) is 0 Å². The number of alkyl halides is 2. The number of hydrogen-bond acceptors (Lipinski definition) is 0. The molecule has 0 unspecified atom stereocenters. The van der Waals surface area contributed by atoms with E-state index in [-0.39, 0.29) is 29.6 Å². The fourth-order valence-corrected chi connectivity index (χ4v) is 0. The van der Waals surface area contributed by atoms with Crippen LogP contribution in [0.25, 0.3) is 0 Å². The van der Waals surface area contributed by atoms with Crippen LogP contribution in [0.2, 0.25) is 0 Å². The molecular weight excluding hydrogens is 118 g/mol. The molecule has 0 aliphatic carbocycles. The topological polar surface area (TPSA) is 0 Å². The van der Waals surface area contributed by atoms with Crippen molar-refractivity contribution in [2.75, 3.05) is 11.8 Å². The molecule has 0 aliphatic heterocycles. The SMILES string of the molecule is ClCCCl.[NaH]. The van der Waals surface area contributed by atoms with Gasteiger partial charge in [0.1, 0.15) is 0 Å². The van der Waals surface area contributed by atoms with Gasteiger partial charge in [0.2, 0.25) is 0 Å². The third kappa shape index (κ3) is 10.7. The minimum absolute atomic E-state index is 0. The standard InChI is InChI=1S/C2H4Cl2.Na.H/c3-1-2-4;;/h1-2H2;;. The molecule has 3 heteroatoms. The van der Waals surface area contributed by atoms with Crippen molar-refractivity contribution in [3.8, 4) is 0 Å². The molecule has 0 aromatic carbocycles. The predicted molar refractivity (Wildman–Crippen MR) is 28.6 cm³/mol. The molecule has 0 rings (SSSR count). The summed E-state index contributed by atoms with van der Waals surface area (Å²) in [7, 11) is 0. The number of hydrogen-bond donors (Lipinski definition) is 0. The van der Waals surface area contributed by atoms with E-state index in [0.717, 1.165) is 0 Å². The molecule has 0 amide bonds. The Morgan fingerprint density at radius 1 is 1.00 bits per heavy atom. The molecule has 0 atom stereocenters. The second kappa shape index (κ2) is 9.13. The number of halogens is 2. The minimum atomic E-state index is 0. The molecule has 5 heavy (non-hydrogen) atoms. The van der Waals surface area contributed by atoms with Crippen LogP contribution in [-0.4, -0.2) is 41.3 Å². The Bertz CT molecular complexity index is 9.61. The Kier molecular flexibility index (Phi) is 17.8. The first kappa shape index (κ1) is 9.77. The van der Waals surface area contributed by atoms with Crippen LogP contribution in [0, 0.1) is 0 Å². The van der Waals surface area contributed by atoms with E-state index in [0.29, 0.717) is 11.8 Å². The second-order valence-corrected chi connectivity index (χ2v) is 1.13. The van der Waals surface area contributed by atoms with Crippen LogP contribution < -0.4 is 0 Å². The van der Waals surface area contributed by atoms with Crippen LogP contribution in [0.4, 0.5) is 0 Å². The molecule has 0 heterocycles. The van der Waals surface area contributed by atoms with Crippen molar-refractivity contribution in [1.29, 1.82) is 0 Å². The Morgan fingerprint density at radius 3 is 1.20 bits per heavy atom. The van der Waals surface area contributed by atoms with Crippen molar-refractivity contribution in [3.05, 3.63) is 0 Å². The molecule has 0 bridgehead atoms. The van der Waals surface area contributed by atoms with Crippen LogP contribution in [-0.2, 0) is 0 Å². The molecule has 0 aromatic heterocycles. The maximum atomic E-state index is 5.05. The Labute approximate surface area is 64.1 Å². The zero-order chi connectivity index (χ0) is 3.41. The molecule has 0 nitrogen and oxygen atoms in total. The number of rotatable bonds is 1. The van der Waals surface area contributed by atoms with Crippen molar-refractivity contribution >= 4 is 52.8 Å². The Balaban J connectivity index is 0. The van der Waals surface area contributed by atoms with Crippen molar-refractivity contribution in [3.63, 3.8) is 0 Å². The molecule has 0 saturated carbocycles. The summed E-state index contributed by atoms with van der Waals surface area (Å²) in [6.07, 6.45) is 0. The van der Waals surface area contributed by atoms with Crippen LogP contribution >= 0.6 is 23.2 Å². The normalized spacial score (nSPS) is 6.00. The first-order valence-corrected chi connectivity index (χ1v) is 2.10. The van der Waals surface area contributed by atoms with Gasteiger partial charge in [-0.1, -0.05) is 0 Å². The van der Waals surface area contributed by atoms with Gasteiger partial charge in [0.05, 0.1) is 0 Å². The Hall–Kier alpha value is 1.58. The van der Waals surface area contributed by atoms with E-state index in [2.05, 4.69) is 0 Å². The molecule has 0 spiro atoms. The summed E-state index contributed by atoms with van der Waals surface area (Å²) in [6, 6.07) is 0. The quantitative estimate of drug-likeness (QED) is 0.357. The van der Waals surface area contributed by atoms with Crippen LogP contribution in [0.15, 0.2) is 0 Å². The van der Waals surface area contributed by atoms with E-state index < -0.39 is 0 Å². The summed E-state index contributed by atoms with van der Waals surface area (Å²) < 4.78 is 0. The predicted octanol–water partition coefficient (Wildman–Crippen LogP) is 0.815. The fraction of sp³-hybridized carbons (Fsp3) is 1.00. The van der Waals surface area contributed by atoms with Gasteiger partial charge >= 0.3 is 29.6 Å². The molecule has 0 aliphatic rings. The summed E-state index contributed by atoms with van der Waals surface area (Å²) >= 11 is 10.1. The second-order valence-electron chi connectivity index (χ2n) is 0.378. The molecule has 0 aromatic rings. The van der Waals surface area contributed by atoms with Crippen molar-refractivity contribution in [2.45, 2.75) is 0 Å². The van der Waals surface area contributed by atoms with Gasteiger partial charge in [-0.3, -0.25) is 0 Å². The van der Waals surface area contributed by atoms with Gasteiger partial charge in [0.25, 0.3) is 0 Å². The first-order chi connectivity index (χ1) is 1.91. The van der Waals surface area contributed by atoms with Crippen LogP contribution in [0.1, 0.15) is 0 Å². The summed E-state index contributed by atoms with van der Waals surface area (Å²) in [6.45, 7) is 0. The summed E-state index contributed by atoms with van der Waals surface area (Å²) in [4.78, 5) is 0. The fourth-order valence-electron chi connectivity index (χ4n) is 0. The van der Waals surface area contributed by atoms with Gasteiger partial charge in [0, 0.05) is 11.8 Å². The van der Waals surface area contributed by atoms with Crippen LogP contribution in [0.5, 0.6) is 0 Å². The van der Waals surface area contributed by atoms with Gasteiger partial charge in [-0.2, -0.15) is 0 Å². The Morgan fingerprint density at radius 2 is 1.20 bits per heavy atom. The monoisotopic (exact) mass is 122 g/mol. The van der Waals surface area contributed by atoms with Gasteiger partial charge in [0.15, 0.2) is 0 Å². The van der Waals surface area contributed by atoms with E-state index in [4.69, 9.17) is 23.2 Å². The zero-order valence-electron chi connectivity index (χ0n) is 2.17. The maximum absolute atomic E-state index is 5.05. The molecule has 0 N–H and O–H groups in total. The van der Waals surface area contributed by atoms with Crippen molar-refractivity contribution < 1.29 is 0 Å². The van der Waals surface area contributed by atoms with Gasteiger partial charge in [-0.15, -0.1) is 23.2 Å². The van der Waals surface area contributed by atoms with Crippen LogP contribution in [0.3, 0.4) is 0 Å². The van der Waals surface area contributed by atoms with Gasteiger partial charge in [-0.05, 0) is 0 Å². The molecular formula is C2H5Cl2Na. The average molecular weight is 123 g/mol. The molecule has 0 radical (unpaired) electrons. The van der Waals surface area contributed by atoms with Crippen molar-refractivity contribution in [1.82, 2.24) is 0 Å². The van der Waals surface area contributed by atoms with E-state index in [1.54, 1.807) is 0 Å². The van der Waals surface area contributed by atoms with E-state index in [1.807, 2.05) is 0 Å². The summed E-state index contributed by atoms with van der Waals surface area (Å²) in [5.41, 5.74) is 0. The van der Waals surface area contributed by atoms with E-state index in [9.17, 15) is 0 Å². The zero-order valence-corrected chi connectivity index (χ0v) is 3.68. The molecule has 0 saturated heterocycles. The molecule has 28 valence electrons. The summed E-state index contributed by atoms with van der Waals surface area (Å²) in [5.74, 6) is 1.11. The van der Waals surface area contributed by atoms with Gasteiger partial charge in [-0.25, -0.2) is 0 Å². The molecule has 0 fully saturated rings. The van der Waals surface area contributed by atoms with Crippen molar-refractivity contribution in [2.24, 2.45) is 0 Å². The third-order valence-electron chi connectivity index (χ3n) is 0.0714. The third-order valence-corrected chi connectivity index (χ3v) is 0.643. The average Bonchev–Trinajstić information content (AvgIpc) is 1.37. The van der Waals surface area contributed by atoms with Gasteiger partial charge < -0.3 is 0 Å². The summed E-state index contributed by atoms with van der Waals surface area (Å²) in [5, 5.41) is 0.